The number of hydrogen-bond donors (Lipinski definition) is 1. The molecule has 1 aliphatic carbocycles. The predicted octanol–water partition coefficient (Wildman–Crippen LogP) is 3.57. The molecule has 0 amide bonds. The fourth-order valence-electron chi connectivity index (χ4n) is 1.96. The van der Waals surface area contributed by atoms with Crippen LogP contribution >= 0.6 is 11.3 Å². The van der Waals surface area contributed by atoms with Crippen LogP contribution in [-0.2, 0) is 10.0 Å². The SMILES string of the molecule is O=S(=O)(Nc1ccccc1F)c1sccc1C1CC1. The van der Waals surface area contributed by atoms with Gasteiger partial charge in [0.25, 0.3) is 10.0 Å². The van der Waals surface area contributed by atoms with Gasteiger partial charge in [-0.25, -0.2) is 12.8 Å². The number of hydrogen-bond acceptors (Lipinski definition) is 3. The third-order valence-corrected chi connectivity index (χ3v) is 5.92. The molecule has 1 aliphatic rings. The van der Waals surface area contributed by atoms with Crippen LogP contribution in [0.15, 0.2) is 39.9 Å². The summed E-state index contributed by atoms with van der Waals surface area (Å²) in [6.45, 7) is 0. The molecule has 0 atom stereocenters. The van der Waals surface area contributed by atoms with Gasteiger partial charge in [0.05, 0.1) is 5.69 Å². The zero-order chi connectivity index (χ0) is 13.5. The Balaban J connectivity index is 1.95. The summed E-state index contributed by atoms with van der Waals surface area (Å²) in [5.41, 5.74) is 0.839. The van der Waals surface area contributed by atoms with Crippen LogP contribution in [0.5, 0.6) is 0 Å². The van der Waals surface area contributed by atoms with Gasteiger partial charge in [-0.3, -0.25) is 4.72 Å². The Morgan fingerprint density at radius 3 is 2.63 bits per heavy atom. The number of sulfonamides is 1. The topological polar surface area (TPSA) is 46.2 Å². The number of halogens is 1. The highest BCUT2D eigenvalue weighted by Gasteiger charge is 2.31. The molecule has 100 valence electrons. The minimum absolute atomic E-state index is 0.0161. The van der Waals surface area contributed by atoms with Crippen molar-refractivity contribution in [3.05, 3.63) is 47.1 Å². The molecule has 19 heavy (non-hydrogen) atoms. The molecular formula is C13H12FNO2S2. The molecule has 6 heteroatoms. The number of nitrogens with one attached hydrogen (secondary N) is 1. The van der Waals surface area contributed by atoms with E-state index in [4.69, 9.17) is 0 Å². The van der Waals surface area contributed by atoms with Crippen molar-refractivity contribution in [1.82, 2.24) is 0 Å². The third kappa shape index (κ3) is 2.50. The van der Waals surface area contributed by atoms with Gasteiger partial charge in [0.15, 0.2) is 0 Å². The first kappa shape index (κ1) is 12.6. The van der Waals surface area contributed by atoms with Crippen LogP contribution in [0.2, 0.25) is 0 Å². The summed E-state index contributed by atoms with van der Waals surface area (Å²) in [7, 11) is -3.70. The first-order valence-corrected chi connectivity index (χ1v) is 8.29. The molecule has 3 nitrogen and oxygen atoms in total. The summed E-state index contributed by atoms with van der Waals surface area (Å²) < 4.78 is 40.7. The maximum absolute atomic E-state index is 13.5. The van der Waals surface area contributed by atoms with E-state index < -0.39 is 15.8 Å². The normalized spacial score (nSPS) is 15.4. The van der Waals surface area contributed by atoms with Gasteiger partial charge in [-0.1, -0.05) is 12.1 Å². The number of benzene rings is 1. The molecule has 1 N–H and O–H groups in total. The summed E-state index contributed by atoms with van der Waals surface area (Å²) in [6.07, 6.45) is 2.05. The van der Waals surface area contributed by atoms with Crippen molar-refractivity contribution >= 4 is 27.0 Å². The second kappa shape index (κ2) is 4.61. The van der Waals surface area contributed by atoms with Crippen molar-refractivity contribution in [3.8, 4) is 0 Å². The van der Waals surface area contributed by atoms with E-state index in [2.05, 4.69) is 4.72 Å². The highest BCUT2D eigenvalue weighted by Crippen LogP contribution is 2.44. The summed E-state index contributed by atoms with van der Waals surface area (Å²) in [5.74, 6) is -0.228. The Kier molecular flexibility index (Phi) is 3.06. The van der Waals surface area contributed by atoms with Crippen LogP contribution in [0.1, 0.15) is 24.3 Å². The Morgan fingerprint density at radius 2 is 1.95 bits per heavy atom. The van der Waals surface area contributed by atoms with E-state index in [0.29, 0.717) is 10.1 Å². The van der Waals surface area contributed by atoms with Crippen LogP contribution in [0.25, 0.3) is 0 Å². The lowest BCUT2D eigenvalue weighted by atomic mass is 10.2. The van der Waals surface area contributed by atoms with Crippen molar-refractivity contribution in [1.29, 1.82) is 0 Å². The van der Waals surface area contributed by atoms with Crippen molar-refractivity contribution in [2.45, 2.75) is 23.0 Å². The van der Waals surface area contributed by atoms with Gasteiger partial charge in [-0.2, -0.15) is 0 Å². The van der Waals surface area contributed by atoms with Gasteiger partial charge in [0.2, 0.25) is 0 Å². The molecule has 0 spiro atoms. The van der Waals surface area contributed by atoms with E-state index in [1.807, 2.05) is 6.07 Å². The Morgan fingerprint density at radius 1 is 1.21 bits per heavy atom. The predicted molar refractivity (Wildman–Crippen MR) is 73.5 cm³/mol. The zero-order valence-electron chi connectivity index (χ0n) is 9.97. The summed E-state index contributed by atoms with van der Waals surface area (Å²) in [5, 5.41) is 1.77. The lowest BCUT2D eigenvalue weighted by Gasteiger charge is -2.08. The van der Waals surface area contributed by atoms with Crippen molar-refractivity contribution in [3.63, 3.8) is 0 Å². The van der Waals surface area contributed by atoms with E-state index in [1.165, 1.54) is 29.5 Å². The molecule has 0 unspecified atom stereocenters. The van der Waals surface area contributed by atoms with Crippen LogP contribution in [-0.4, -0.2) is 8.42 Å². The summed E-state index contributed by atoms with van der Waals surface area (Å²) in [4.78, 5) is 0. The van der Waals surface area contributed by atoms with Gasteiger partial charge in [0.1, 0.15) is 10.0 Å². The first-order chi connectivity index (χ1) is 9.08. The number of para-hydroxylation sites is 1. The molecule has 2 aromatic rings. The highest BCUT2D eigenvalue weighted by atomic mass is 32.2. The third-order valence-electron chi connectivity index (χ3n) is 3.04. The summed E-state index contributed by atoms with van der Waals surface area (Å²) in [6, 6.07) is 7.61. The fourth-order valence-corrected chi connectivity index (χ4v) is 4.56. The molecule has 0 saturated heterocycles. The minimum atomic E-state index is -3.70. The second-order valence-corrected chi connectivity index (χ2v) is 7.32. The average Bonchev–Trinajstić information content (AvgIpc) is 3.09. The Hall–Kier alpha value is -1.40. The lowest BCUT2D eigenvalue weighted by molar-refractivity contribution is 0.599. The zero-order valence-corrected chi connectivity index (χ0v) is 11.6. The first-order valence-electron chi connectivity index (χ1n) is 5.92. The van der Waals surface area contributed by atoms with Crippen molar-refractivity contribution < 1.29 is 12.8 Å². The fraction of sp³-hybridized carbons (Fsp3) is 0.231. The van der Waals surface area contributed by atoms with Gasteiger partial charge in [-0.15, -0.1) is 11.3 Å². The smallest absolute Gasteiger partial charge is 0.271 e. The molecule has 1 aromatic heterocycles. The van der Waals surface area contributed by atoms with Gasteiger partial charge in [-0.05, 0) is 47.9 Å². The molecule has 0 radical (unpaired) electrons. The van der Waals surface area contributed by atoms with Gasteiger partial charge in [0, 0.05) is 0 Å². The largest absolute Gasteiger partial charge is 0.276 e. The molecular weight excluding hydrogens is 285 g/mol. The number of rotatable bonds is 4. The molecule has 1 aromatic carbocycles. The average molecular weight is 297 g/mol. The monoisotopic (exact) mass is 297 g/mol. The van der Waals surface area contributed by atoms with Crippen molar-refractivity contribution in [2.24, 2.45) is 0 Å². The van der Waals surface area contributed by atoms with Crippen molar-refractivity contribution in [2.75, 3.05) is 4.72 Å². The Bertz CT molecular complexity index is 705. The van der Waals surface area contributed by atoms with E-state index >= 15 is 0 Å². The minimum Gasteiger partial charge on any atom is -0.276 e. The van der Waals surface area contributed by atoms with E-state index in [1.54, 1.807) is 11.4 Å². The molecule has 1 saturated carbocycles. The van der Waals surface area contributed by atoms with Crippen LogP contribution < -0.4 is 4.72 Å². The summed E-state index contributed by atoms with van der Waals surface area (Å²) >= 11 is 1.18. The van der Waals surface area contributed by atoms with E-state index in [0.717, 1.165) is 18.4 Å². The van der Waals surface area contributed by atoms with Crippen LogP contribution in [0, 0.1) is 5.82 Å². The molecule has 0 bridgehead atoms. The standard InChI is InChI=1S/C13H12FNO2S2/c14-11-3-1-2-4-12(11)15-19(16,17)13-10(7-8-18-13)9-5-6-9/h1-4,7-9,15H,5-6H2. The van der Waals surface area contributed by atoms with Gasteiger partial charge < -0.3 is 0 Å². The maximum atomic E-state index is 13.5. The van der Waals surface area contributed by atoms with Crippen LogP contribution in [0.4, 0.5) is 10.1 Å². The highest BCUT2D eigenvalue weighted by molar-refractivity contribution is 7.94. The lowest BCUT2D eigenvalue weighted by Crippen LogP contribution is -2.14. The maximum Gasteiger partial charge on any atom is 0.271 e. The molecule has 1 fully saturated rings. The van der Waals surface area contributed by atoms with E-state index in [-0.39, 0.29) is 5.69 Å². The van der Waals surface area contributed by atoms with E-state index in [9.17, 15) is 12.8 Å². The number of thiophene rings is 1. The molecule has 1 heterocycles. The van der Waals surface area contributed by atoms with Crippen LogP contribution in [0.3, 0.4) is 0 Å². The molecule has 3 rings (SSSR count). The Labute approximate surface area is 115 Å². The number of anilines is 1. The second-order valence-electron chi connectivity index (χ2n) is 4.52. The van der Waals surface area contributed by atoms with Gasteiger partial charge >= 0.3 is 0 Å². The quantitative estimate of drug-likeness (QED) is 0.938. The molecule has 0 aliphatic heterocycles.